The predicted octanol–water partition coefficient (Wildman–Crippen LogP) is 8.87. The normalized spacial score (nSPS) is 14.4. The second kappa shape index (κ2) is 31.5. The van der Waals surface area contributed by atoms with Crippen molar-refractivity contribution in [2.75, 3.05) is 6.61 Å². The molecule has 1 amide bonds. The lowest BCUT2D eigenvalue weighted by Crippen LogP contribution is -2.48. The van der Waals surface area contributed by atoms with Crippen LogP contribution >= 0.6 is 0 Å². The van der Waals surface area contributed by atoms with E-state index in [2.05, 4.69) is 37.4 Å². The quantitative estimate of drug-likeness (QED) is 0.0507. The summed E-state index contributed by atoms with van der Waals surface area (Å²) in [4.78, 5) is 12.3. The molecule has 0 heterocycles. The van der Waals surface area contributed by atoms with Crippen molar-refractivity contribution in [3.05, 3.63) is 36.5 Å². The van der Waals surface area contributed by atoms with Gasteiger partial charge in [-0.2, -0.15) is 0 Å². The van der Waals surface area contributed by atoms with Crippen molar-refractivity contribution < 1.29 is 20.1 Å². The highest BCUT2D eigenvalue weighted by atomic mass is 16.3. The molecule has 0 aromatic carbocycles. The summed E-state index contributed by atoms with van der Waals surface area (Å²) in [5.41, 5.74) is 0. The first-order valence-corrected chi connectivity index (χ1v) is 17.3. The molecule has 0 rings (SSSR count). The molecule has 4 N–H and O–H groups in total. The zero-order valence-corrected chi connectivity index (χ0v) is 26.9. The Bertz CT molecular complexity index is 645. The molecule has 41 heavy (non-hydrogen) atoms. The van der Waals surface area contributed by atoms with E-state index in [9.17, 15) is 20.1 Å². The Hall–Kier alpha value is -1.43. The molecule has 5 heteroatoms. The molecule has 5 nitrogen and oxygen atoms in total. The number of hydrogen-bond donors (Lipinski definition) is 4. The molecule has 0 saturated heterocycles. The molecular formula is C36H67NO4. The zero-order valence-electron chi connectivity index (χ0n) is 26.9. The maximum Gasteiger partial charge on any atom is 0.249 e. The number of nitrogens with one attached hydrogen (secondary N) is 1. The summed E-state index contributed by atoms with van der Waals surface area (Å²) in [6, 6.07) is -0.825. The minimum absolute atomic E-state index is 0.326. The largest absolute Gasteiger partial charge is 0.394 e. The van der Waals surface area contributed by atoms with Gasteiger partial charge in [-0.1, -0.05) is 147 Å². The van der Waals surface area contributed by atoms with Crippen molar-refractivity contribution in [2.24, 2.45) is 0 Å². The molecule has 0 bridgehead atoms. The van der Waals surface area contributed by atoms with Gasteiger partial charge in [-0.25, -0.2) is 0 Å². The van der Waals surface area contributed by atoms with Crippen molar-refractivity contribution in [1.29, 1.82) is 0 Å². The van der Waals surface area contributed by atoms with Gasteiger partial charge in [0.25, 0.3) is 0 Å². The van der Waals surface area contributed by atoms with Crippen molar-refractivity contribution in [1.82, 2.24) is 5.32 Å². The first-order valence-electron chi connectivity index (χ1n) is 17.3. The molecule has 0 aliphatic carbocycles. The Morgan fingerprint density at radius 1 is 0.585 bits per heavy atom. The highest BCUT2D eigenvalue weighted by molar-refractivity contribution is 5.80. The Morgan fingerprint density at radius 3 is 1.51 bits per heavy atom. The van der Waals surface area contributed by atoms with Crippen molar-refractivity contribution >= 4 is 5.91 Å². The van der Waals surface area contributed by atoms with Gasteiger partial charge in [0, 0.05) is 0 Å². The van der Waals surface area contributed by atoms with Crippen LogP contribution in [0.4, 0.5) is 0 Å². The van der Waals surface area contributed by atoms with Crippen LogP contribution in [-0.2, 0) is 4.79 Å². The number of carbonyl (C=O) groups is 1. The summed E-state index contributed by atoms with van der Waals surface area (Å²) in [7, 11) is 0. The van der Waals surface area contributed by atoms with Gasteiger partial charge in [-0.3, -0.25) is 4.79 Å². The lowest BCUT2D eigenvalue weighted by molar-refractivity contribution is -0.131. The Balaban J connectivity index is 3.81. The molecule has 0 spiro atoms. The molecule has 0 aromatic rings. The number of aliphatic hydroxyl groups is 3. The van der Waals surface area contributed by atoms with Gasteiger partial charge in [-0.15, -0.1) is 0 Å². The first kappa shape index (κ1) is 39.6. The van der Waals surface area contributed by atoms with Crippen LogP contribution in [0.2, 0.25) is 0 Å². The van der Waals surface area contributed by atoms with E-state index in [1.165, 1.54) is 109 Å². The van der Waals surface area contributed by atoms with Gasteiger partial charge >= 0.3 is 0 Å². The lowest BCUT2D eigenvalue weighted by atomic mass is 10.0. The van der Waals surface area contributed by atoms with Crippen LogP contribution in [0.15, 0.2) is 36.5 Å². The summed E-state index contributed by atoms with van der Waals surface area (Å²) < 4.78 is 0. The van der Waals surface area contributed by atoms with Gasteiger partial charge in [0.1, 0.15) is 6.10 Å². The topological polar surface area (TPSA) is 89.8 Å². The maximum absolute atomic E-state index is 12.3. The third-order valence-electron chi connectivity index (χ3n) is 7.71. The molecule has 0 aliphatic rings. The average Bonchev–Trinajstić information content (AvgIpc) is 2.98. The van der Waals surface area contributed by atoms with Crippen LogP contribution in [-0.4, -0.2) is 46.1 Å². The fourth-order valence-corrected chi connectivity index (χ4v) is 4.91. The minimum atomic E-state index is -1.15. The van der Waals surface area contributed by atoms with E-state index in [0.717, 1.165) is 25.7 Å². The van der Waals surface area contributed by atoms with Gasteiger partial charge in [-0.05, 0) is 51.4 Å². The van der Waals surface area contributed by atoms with Crippen LogP contribution in [0, 0.1) is 0 Å². The van der Waals surface area contributed by atoms with E-state index in [1.54, 1.807) is 6.08 Å². The van der Waals surface area contributed by atoms with Gasteiger partial charge in [0.05, 0.1) is 18.8 Å². The van der Waals surface area contributed by atoms with E-state index in [4.69, 9.17) is 0 Å². The smallest absolute Gasteiger partial charge is 0.249 e. The van der Waals surface area contributed by atoms with E-state index in [-0.39, 0.29) is 6.61 Å². The van der Waals surface area contributed by atoms with E-state index < -0.39 is 24.2 Å². The van der Waals surface area contributed by atoms with E-state index >= 15 is 0 Å². The summed E-state index contributed by atoms with van der Waals surface area (Å²) in [6.45, 7) is 4.08. The van der Waals surface area contributed by atoms with Crippen LogP contribution < -0.4 is 5.32 Å². The minimum Gasteiger partial charge on any atom is -0.394 e. The third kappa shape index (κ3) is 27.2. The molecule has 3 unspecified atom stereocenters. The molecule has 3 atom stereocenters. The Kier molecular flexibility index (Phi) is 30.4. The number of amides is 1. The number of rotatable bonds is 30. The number of carbonyl (C=O) groups excluding carboxylic acids is 1. The number of allylic oxidation sites excluding steroid dienone is 5. The molecule has 0 radical (unpaired) electrons. The zero-order chi connectivity index (χ0) is 30.2. The molecule has 0 fully saturated rings. The fourth-order valence-electron chi connectivity index (χ4n) is 4.91. The van der Waals surface area contributed by atoms with E-state index in [1.807, 2.05) is 12.2 Å². The lowest BCUT2D eigenvalue weighted by Gasteiger charge is -2.21. The van der Waals surface area contributed by atoms with Crippen molar-refractivity contribution in [2.45, 2.75) is 180 Å². The monoisotopic (exact) mass is 578 g/mol. The van der Waals surface area contributed by atoms with Crippen LogP contribution in [0.3, 0.4) is 0 Å². The third-order valence-corrected chi connectivity index (χ3v) is 7.71. The number of hydrogen-bond acceptors (Lipinski definition) is 4. The summed E-state index contributed by atoms with van der Waals surface area (Å²) >= 11 is 0. The fraction of sp³-hybridized carbons (Fsp3) is 0.806. The highest BCUT2D eigenvalue weighted by Crippen LogP contribution is 2.13. The van der Waals surface area contributed by atoms with Crippen LogP contribution in [0.1, 0.15) is 162 Å². The molecule has 0 aliphatic heterocycles. The van der Waals surface area contributed by atoms with E-state index in [0.29, 0.717) is 12.8 Å². The summed E-state index contributed by atoms with van der Waals surface area (Å²) in [5.74, 6) is -0.552. The summed E-state index contributed by atoms with van der Waals surface area (Å²) in [5, 5.41) is 32.7. The van der Waals surface area contributed by atoms with Gasteiger partial charge in [0.2, 0.25) is 5.91 Å². The first-order chi connectivity index (χ1) is 20.1. The van der Waals surface area contributed by atoms with Crippen molar-refractivity contribution in [3.8, 4) is 0 Å². The Labute approximate surface area is 254 Å². The number of unbranched alkanes of at least 4 members (excludes halogenated alkanes) is 18. The SMILES string of the molecule is CCCCCC/C=C\CCC(O)C(=O)NC(CO)C(O)/C=C/CC/C=C/CCCCCCCCCCCCCCC. The predicted molar refractivity (Wildman–Crippen MR) is 176 cm³/mol. The molecular weight excluding hydrogens is 510 g/mol. The standard InChI is InChI=1S/C36H67NO4/c1-3-5-7-9-11-13-14-15-16-17-18-19-20-21-22-23-25-26-28-30-34(39)33(32-38)37-36(41)35(40)31-29-27-24-12-10-8-6-4-2/h22-24,27-28,30,33-35,38-40H,3-21,25-26,29,31-32H2,1-2H3,(H,37,41)/b23-22+,27-24-,30-28+. The van der Waals surface area contributed by atoms with Crippen molar-refractivity contribution in [3.63, 3.8) is 0 Å². The molecule has 240 valence electrons. The maximum atomic E-state index is 12.3. The Morgan fingerprint density at radius 2 is 1.00 bits per heavy atom. The highest BCUT2D eigenvalue weighted by Gasteiger charge is 2.22. The average molecular weight is 578 g/mol. The van der Waals surface area contributed by atoms with Gasteiger partial charge < -0.3 is 20.6 Å². The molecule has 0 aromatic heterocycles. The summed E-state index contributed by atoms with van der Waals surface area (Å²) in [6.07, 6.45) is 37.5. The van der Waals surface area contributed by atoms with Crippen LogP contribution in [0.25, 0.3) is 0 Å². The van der Waals surface area contributed by atoms with Gasteiger partial charge in [0.15, 0.2) is 0 Å². The van der Waals surface area contributed by atoms with Crippen LogP contribution in [0.5, 0.6) is 0 Å². The second-order valence-electron chi connectivity index (χ2n) is 11.7. The molecule has 0 saturated carbocycles. The second-order valence-corrected chi connectivity index (χ2v) is 11.7. The number of aliphatic hydroxyl groups excluding tert-OH is 3.